The number of nitro benzene ring substituents is 1. The van der Waals surface area contributed by atoms with Crippen LogP contribution in [0.4, 0.5) is 24.5 Å². The molecule has 0 radical (unpaired) electrons. The van der Waals surface area contributed by atoms with E-state index < -0.39 is 22.4 Å². The van der Waals surface area contributed by atoms with E-state index >= 15 is 0 Å². The van der Waals surface area contributed by atoms with Gasteiger partial charge in [-0.15, -0.1) is 0 Å². The highest BCUT2D eigenvalue weighted by Gasteiger charge is 2.42. The molecule has 1 aliphatic rings. The topological polar surface area (TPSA) is 75.4 Å². The maximum atomic E-state index is 12.8. The maximum absolute atomic E-state index is 12.8. The molecule has 1 fully saturated rings. The van der Waals surface area contributed by atoms with Crippen molar-refractivity contribution in [2.75, 3.05) is 18.5 Å². The van der Waals surface area contributed by atoms with Gasteiger partial charge in [0.2, 0.25) is 0 Å². The van der Waals surface area contributed by atoms with Gasteiger partial charge in [-0.2, -0.15) is 13.2 Å². The van der Waals surface area contributed by atoms with E-state index in [1.165, 1.54) is 6.07 Å². The number of alkyl halides is 3. The van der Waals surface area contributed by atoms with Gasteiger partial charge < -0.3 is 10.4 Å². The summed E-state index contributed by atoms with van der Waals surface area (Å²) in [4.78, 5) is 9.55. The maximum Gasteiger partial charge on any atom is 0.423 e. The van der Waals surface area contributed by atoms with E-state index in [1.807, 2.05) is 0 Å². The van der Waals surface area contributed by atoms with E-state index in [0.717, 1.165) is 25.0 Å². The average molecular weight is 290 g/mol. The molecule has 1 aromatic carbocycles. The molecule has 1 aromatic rings. The zero-order valence-electron chi connectivity index (χ0n) is 10.4. The molecule has 5 nitrogen and oxygen atoms in total. The van der Waals surface area contributed by atoms with Crippen LogP contribution in [-0.4, -0.2) is 23.2 Å². The minimum absolute atomic E-state index is 0.0287. The summed E-state index contributed by atoms with van der Waals surface area (Å²) in [5.41, 5.74) is -2.35. The lowest BCUT2D eigenvalue weighted by atomic mass is 10.1. The van der Waals surface area contributed by atoms with E-state index in [2.05, 4.69) is 5.32 Å². The highest BCUT2D eigenvalue weighted by atomic mass is 19.4. The summed E-state index contributed by atoms with van der Waals surface area (Å²) in [6.45, 7) is 0.317. The third-order valence-corrected chi connectivity index (χ3v) is 3.46. The van der Waals surface area contributed by atoms with Crippen molar-refractivity contribution in [3.05, 3.63) is 33.9 Å². The third-order valence-electron chi connectivity index (χ3n) is 3.46. The minimum Gasteiger partial charge on any atom is -0.396 e. The van der Waals surface area contributed by atoms with E-state index in [9.17, 15) is 23.3 Å². The minimum atomic E-state index is -4.78. The molecule has 0 bridgehead atoms. The monoisotopic (exact) mass is 290 g/mol. The Morgan fingerprint density at radius 1 is 1.40 bits per heavy atom. The van der Waals surface area contributed by atoms with Gasteiger partial charge in [0.25, 0.3) is 5.69 Å². The number of halogens is 3. The average Bonchev–Trinajstić information content (AvgIpc) is 3.15. The number of nitro groups is 1. The summed E-state index contributed by atoms with van der Waals surface area (Å²) in [7, 11) is 0. The van der Waals surface area contributed by atoms with Gasteiger partial charge in [-0.25, -0.2) is 0 Å². The van der Waals surface area contributed by atoms with Crippen molar-refractivity contribution in [1.82, 2.24) is 0 Å². The molecule has 110 valence electrons. The lowest BCUT2D eigenvalue weighted by molar-refractivity contribution is -0.388. The second kappa shape index (κ2) is 4.93. The van der Waals surface area contributed by atoms with Gasteiger partial charge in [-0.05, 0) is 25.0 Å². The van der Waals surface area contributed by atoms with Crippen molar-refractivity contribution in [2.45, 2.75) is 19.0 Å². The largest absolute Gasteiger partial charge is 0.423 e. The molecule has 2 N–H and O–H groups in total. The zero-order chi connectivity index (χ0) is 15.0. The first-order valence-corrected chi connectivity index (χ1v) is 5.98. The van der Waals surface area contributed by atoms with Gasteiger partial charge in [-0.1, -0.05) is 0 Å². The molecule has 1 saturated carbocycles. The first-order valence-electron chi connectivity index (χ1n) is 5.98. The Morgan fingerprint density at radius 3 is 2.50 bits per heavy atom. The molecule has 0 atom stereocenters. The quantitative estimate of drug-likeness (QED) is 0.646. The van der Waals surface area contributed by atoms with Crippen molar-refractivity contribution in [3.8, 4) is 0 Å². The highest BCUT2D eigenvalue weighted by molar-refractivity contribution is 5.55. The first-order chi connectivity index (χ1) is 9.27. The van der Waals surface area contributed by atoms with Crippen LogP contribution in [0.2, 0.25) is 0 Å². The Labute approximate surface area is 112 Å². The molecule has 0 spiro atoms. The number of rotatable bonds is 5. The second-order valence-electron chi connectivity index (χ2n) is 5.00. The van der Waals surface area contributed by atoms with Crippen LogP contribution < -0.4 is 5.32 Å². The van der Waals surface area contributed by atoms with Gasteiger partial charge in [0.05, 0.1) is 11.5 Å². The standard InChI is InChI=1S/C12H13F3N2O3/c13-12(14,15)9-5-8(1-2-10(9)17(19)20)16-6-11(7-18)3-4-11/h1-2,5,16,18H,3-4,6-7H2. The molecule has 2 rings (SSSR count). The van der Waals surface area contributed by atoms with Crippen LogP contribution in [0.3, 0.4) is 0 Å². The Bertz CT molecular complexity index is 527. The lowest BCUT2D eigenvalue weighted by Gasteiger charge is -2.15. The molecular weight excluding hydrogens is 277 g/mol. The SMILES string of the molecule is O=[N+]([O-])c1ccc(NCC2(CO)CC2)cc1C(F)(F)F. The van der Waals surface area contributed by atoms with Gasteiger partial charge in [-0.3, -0.25) is 10.1 Å². The van der Waals surface area contributed by atoms with Gasteiger partial charge in [0.15, 0.2) is 0 Å². The van der Waals surface area contributed by atoms with E-state index in [1.54, 1.807) is 0 Å². The van der Waals surface area contributed by atoms with Gasteiger partial charge in [0, 0.05) is 23.7 Å². The number of anilines is 1. The summed E-state index contributed by atoms with van der Waals surface area (Å²) in [5.74, 6) is 0. The van der Waals surface area contributed by atoms with Crippen LogP contribution >= 0.6 is 0 Å². The Balaban J connectivity index is 2.21. The predicted molar refractivity (Wildman–Crippen MR) is 65.3 cm³/mol. The zero-order valence-corrected chi connectivity index (χ0v) is 10.4. The number of nitrogens with zero attached hydrogens (tertiary/aromatic N) is 1. The number of aliphatic hydroxyl groups is 1. The van der Waals surface area contributed by atoms with Crippen LogP contribution in [0.1, 0.15) is 18.4 Å². The lowest BCUT2D eigenvalue weighted by Crippen LogP contribution is -2.19. The molecule has 8 heteroatoms. The van der Waals surface area contributed by atoms with E-state index in [0.29, 0.717) is 6.54 Å². The van der Waals surface area contributed by atoms with Crippen molar-refractivity contribution >= 4 is 11.4 Å². The molecular formula is C12H13F3N2O3. The third kappa shape index (κ3) is 3.01. The fraction of sp³-hybridized carbons (Fsp3) is 0.500. The molecule has 0 amide bonds. The van der Waals surface area contributed by atoms with E-state index in [4.69, 9.17) is 5.11 Å². The highest BCUT2D eigenvalue weighted by Crippen LogP contribution is 2.45. The van der Waals surface area contributed by atoms with Crippen LogP contribution in [0.5, 0.6) is 0 Å². The van der Waals surface area contributed by atoms with Crippen molar-refractivity contribution < 1.29 is 23.2 Å². The van der Waals surface area contributed by atoms with Crippen molar-refractivity contribution in [3.63, 3.8) is 0 Å². The Morgan fingerprint density at radius 2 is 2.05 bits per heavy atom. The van der Waals surface area contributed by atoms with Crippen LogP contribution in [0.15, 0.2) is 18.2 Å². The Hall–Kier alpha value is -1.83. The molecule has 0 unspecified atom stereocenters. The van der Waals surface area contributed by atoms with E-state index in [-0.39, 0.29) is 17.7 Å². The number of benzene rings is 1. The number of hydrogen-bond donors (Lipinski definition) is 2. The van der Waals surface area contributed by atoms with Crippen molar-refractivity contribution in [2.24, 2.45) is 5.41 Å². The normalized spacial score (nSPS) is 16.8. The van der Waals surface area contributed by atoms with Gasteiger partial charge in [0.1, 0.15) is 5.56 Å². The molecule has 20 heavy (non-hydrogen) atoms. The smallest absolute Gasteiger partial charge is 0.396 e. The molecule has 0 heterocycles. The molecule has 1 aliphatic carbocycles. The number of hydrogen-bond acceptors (Lipinski definition) is 4. The number of aliphatic hydroxyl groups excluding tert-OH is 1. The summed E-state index contributed by atoms with van der Waals surface area (Å²) >= 11 is 0. The Kier molecular flexibility index (Phi) is 3.59. The summed E-state index contributed by atoms with van der Waals surface area (Å²) in [6, 6.07) is 2.80. The molecule has 0 saturated heterocycles. The summed E-state index contributed by atoms with van der Waals surface area (Å²) in [5, 5.41) is 22.5. The molecule has 0 aromatic heterocycles. The fourth-order valence-corrected chi connectivity index (χ4v) is 1.89. The van der Waals surface area contributed by atoms with Crippen LogP contribution in [-0.2, 0) is 6.18 Å². The summed E-state index contributed by atoms with van der Waals surface area (Å²) in [6.07, 6.45) is -3.15. The fourth-order valence-electron chi connectivity index (χ4n) is 1.89. The predicted octanol–water partition coefficient (Wildman–Crippen LogP) is 2.80. The number of nitrogens with one attached hydrogen (secondary N) is 1. The summed E-state index contributed by atoms with van der Waals surface area (Å²) < 4.78 is 38.3. The van der Waals surface area contributed by atoms with Crippen LogP contribution in [0.25, 0.3) is 0 Å². The van der Waals surface area contributed by atoms with Crippen LogP contribution in [0, 0.1) is 15.5 Å². The van der Waals surface area contributed by atoms with Gasteiger partial charge >= 0.3 is 6.18 Å². The van der Waals surface area contributed by atoms with Crippen molar-refractivity contribution in [1.29, 1.82) is 0 Å². The second-order valence-corrected chi connectivity index (χ2v) is 5.00. The first kappa shape index (κ1) is 14.6. The molecule has 0 aliphatic heterocycles.